The largest absolute Gasteiger partial charge is 0.378 e. The molecule has 0 heterocycles. The molecule has 1 aromatic rings. The molecule has 0 amide bonds. The van der Waals surface area contributed by atoms with Gasteiger partial charge in [0.15, 0.2) is 15.8 Å². The zero-order chi connectivity index (χ0) is 18.4. The normalized spacial score (nSPS) is 15.5. The minimum absolute atomic E-state index is 0.0877. The molecule has 0 bridgehead atoms. The molecule has 0 aromatic heterocycles. The third-order valence-corrected chi connectivity index (χ3v) is 5.20. The Balaban J connectivity index is 1.88. The lowest BCUT2D eigenvalue weighted by molar-refractivity contribution is -0.384. The number of guanidine groups is 1. The summed E-state index contributed by atoms with van der Waals surface area (Å²) in [7, 11) is -3.50. The van der Waals surface area contributed by atoms with Crippen LogP contribution in [0, 0.1) is 16.0 Å². The Hall–Kier alpha value is -2.36. The number of nitrogens with two attached hydrogens (primary N) is 1. The molecule has 1 aliphatic rings. The molecule has 1 saturated carbocycles. The summed E-state index contributed by atoms with van der Waals surface area (Å²) in [5.74, 6) is 0.991. The standard InChI is InChI=1S/C15H23N5O4S/c1-25(23,24)12-5-6-13(14(9-12)20(21)22)17-7-8-18-15(16)19-10-11-3-2-4-11/h5-6,9,11,17H,2-4,7-8,10H2,1H3,(H3,16,18,19). The van der Waals surface area contributed by atoms with E-state index in [4.69, 9.17) is 5.73 Å². The number of sulfone groups is 1. The first-order valence-electron chi connectivity index (χ1n) is 8.03. The van der Waals surface area contributed by atoms with Crippen LogP contribution in [0.1, 0.15) is 19.3 Å². The molecule has 25 heavy (non-hydrogen) atoms. The highest BCUT2D eigenvalue weighted by Crippen LogP contribution is 2.27. The molecule has 0 saturated heterocycles. The second kappa shape index (κ2) is 8.15. The van der Waals surface area contributed by atoms with Crippen LogP contribution in [-0.4, -0.2) is 45.2 Å². The molecule has 10 heteroatoms. The van der Waals surface area contributed by atoms with Crippen molar-refractivity contribution in [2.45, 2.75) is 24.2 Å². The average molecular weight is 369 g/mol. The Kier molecular flexibility index (Phi) is 6.18. The van der Waals surface area contributed by atoms with Crippen LogP contribution >= 0.6 is 0 Å². The lowest BCUT2D eigenvalue weighted by atomic mass is 9.86. The number of nitro benzene ring substituents is 1. The van der Waals surface area contributed by atoms with Crippen molar-refractivity contribution in [3.63, 3.8) is 0 Å². The van der Waals surface area contributed by atoms with E-state index in [-0.39, 0.29) is 16.3 Å². The monoisotopic (exact) mass is 369 g/mol. The molecule has 138 valence electrons. The van der Waals surface area contributed by atoms with E-state index >= 15 is 0 Å². The SMILES string of the molecule is CS(=O)(=O)c1ccc(NCCNC(N)=NCC2CCC2)c([N+](=O)[O-])c1. The summed E-state index contributed by atoms with van der Waals surface area (Å²) >= 11 is 0. The zero-order valence-electron chi connectivity index (χ0n) is 14.1. The highest BCUT2D eigenvalue weighted by Gasteiger charge is 2.18. The number of nitrogens with zero attached hydrogens (tertiary/aromatic N) is 2. The summed E-state index contributed by atoms with van der Waals surface area (Å²) < 4.78 is 23.0. The molecule has 2 rings (SSSR count). The third-order valence-electron chi connectivity index (χ3n) is 4.09. The van der Waals surface area contributed by atoms with Crippen molar-refractivity contribution in [2.24, 2.45) is 16.6 Å². The minimum Gasteiger partial charge on any atom is -0.378 e. The van der Waals surface area contributed by atoms with Crippen LogP contribution < -0.4 is 16.4 Å². The second-order valence-electron chi connectivity index (χ2n) is 6.08. The van der Waals surface area contributed by atoms with E-state index in [2.05, 4.69) is 15.6 Å². The maximum atomic E-state index is 11.5. The molecule has 0 spiro atoms. The molecule has 0 radical (unpaired) electrons. The first kappa shape index (κ1) is 19.0. The summed E-state index contributed by atoms with van der Waals surface area (Å²) in [6, 6.07) is 3.79. The van der Waals surface area contributed by atoms with E-state index in [0.717, 1.165) is 18.9 Å². The van der Waals surface area contributed by atoms with Gasteiger partial charge in [-0.05, 0) is 30.9 Å². The van der Waals surface area contributed by atoms with Crippen LogP contribution in [0.25, 0.3) is 0 Å². The Bertz CT molecular complexity index is 759. The van der Waals surface area contributed by atoms with Gasteiger partial charge >= 0.3 is 0 Å². The summed E-state index contributed by atoms with van der Waals surface area (Å²) in [5.41, 5.74) is 5.73. The van der Waals surface area contributed by atoms with Gasteiger partial charge in [-0.15, -0.1) is 0 Å². The third kappa shape index (κ3) is 5.59. The van der Waals surface area contributed by atoms with E-state index in [1.54, 1.807) is 0 Å². The van der Waals surface area contributed by atoms with Crippen LogP contribution in [-0.2, 0) is 9.84 Å². The van der Waals surface area contributed by atoms with Crippen LogP contribution in [0.4, 0.5) is 11.4 Å². The van der Waals surface area contributed by atoms with Gasteiger partial charge in [-0.3, -0.25) is 15.1 Å². The number of aliphatic imine (C=N–C) groups is 1. The van der Waals surface area contributed by atoms with Crippen LogP contribution in [0.15, 0.2) is 28.1 Å². The van der Waals surface area contributed by atoms with Crippen molar-refractivity contribution in [2.75, 3.05) is 31.2 Å². The maximum Gasteiger partial charge on any atom is 0.293 e. The molecular formula is C15H23N5O4S. The van der Waals surface area contributed by atoms with Crippen molar-refractivity contribution in [1.29, 1.82) is 0 Å². The molecule has 1 aromatic carbocycles. The van der Waals surface area contributed by atoms with Gasteiger partial charge in [0.25, 0.3) is 5.69 Å². The van der Waals surface area contributed by atoms with Gasteiger partial charge in [-0.25, -0.2) is 8.42 Å². The first-order chi connectivity index (χ1) is 11.8. The number of rotatable bonds is 8. The Morgan fingerprint density at radius 2 is 2.12 bits per heavy atom. The summed E-state index contributed by atoms with van der Waals surface area (Å²) in [6.45, 7) is 1.54. The van der Waals surface area contributed by atoms with Gasteiger partial charge < -0.3 is 16.4 Å². The zero-order valence-corrected chi connectivity index (χ0v) is 14.9. The Morgan fingerprint density at radius 3 is 2.68 bits per heavy atom. The fourth-order valence-corrected chi connectivity index (χ4v) is 3.03. The number of anilines is 1. The first-order valence-corrected chi connectivity index (χ1v) is 9.92. The predicted molar refractivity (Wildman–Crippen MR) is 96.5 cm³/mol. The van der Waals surface area contributed by atoms with Crippen molar-refractivity contribution < 1.29 is 13.3 Å². The van der Waals surface area contributed by atoms with Crippen LogP contribution in [0.3, 0.4) is 0 Å². The van der Waals surface area contributed by atoms with E-state index in [1.165, 1.54) is 31.4 Å². The molecule has 4 N–H and O–H groups in total. The summed E-state index contributed by atoms with van der Waals surface area (Å²) in [5, 5.41) is 17.0. The maximum absolute atomic E-state index is 11.5. The molecular weight excluding hydrogens is 346 g/mol. The average Bonchev–Trinajstić information content (AvgIpc) is 2.49. The van der Waals surface area contributed by atoms with Gasteiger partial charge in [0.2, 0.25) is 0 Å². The number of hydrogen-bond acceptors (Lipinski definition) is 6. The molecule has 0 unspecified atom stereocenters. The van der Waals surface area contributed by atoms with Crippen molar-refractivity contribution in [3.05, 3.63) is 28.3 Å². The number of hydrogen-bond donors (Lipinski definition) is 3. The lowest BCUT2D eigenvalue weighted by Gasteiger charge is -2.23. The van der Waals surface area contributed by atoms with Crippen molar-refractivity contribution in [1.82, 2.24) is 5.32 Å². The Labute approximate surface area is 146 Å². The molecule has 1 fully saturated rings. The minimum atomic E-state index is -3.50. The molecule has 1 aliphatic carbocycles. The van der Waals surface area contributed by atoms with Crippen LogP contribution in [0.2, 0.25) is 0 Å². The molecule has 0 aliphatic heterocycles. The fourth-order valence-electron chi connectivity index (χ4n) is 2.39. The van der Waals surface area contributed by atoms with Crippen molar-refractivity contribution in [3.8, 4) is 0 Å². The highest BCUT2D eigenvalue weighted by atomic mass is 32.2. The Morgan fingerprint density at radius 1 is 1.40 bits per heavy atom. The lowest BCUT2D eigenvalue weighted by Crippen LogP contribution is -2.35. The molecule has 9 nitrogen and oxygen atoms in total. The van der Waals surface area contributed by atoms with E-state index in [0.29, 0.717) is 25.0 Å². The van der Waals surface area contributed by atoms with Gasteiger partial charge in [-0.1, -0.05) is 6.42 Å². The fraction of sp³-hybridized carbons (Fsp3) is 0.533. The molecule has 0 atom stereocenters. The van der Waals surface area contributed by atoms with Gasteiger partial charge in [0, 0.05) is 32.0 Å². The predicted octanol–water partition coefficient (Wildman–Crippen LogP) is 1.11. The van der Waals surface area contributed by atoms with Gasteiger partial charge in [-0.2, -0.15) is 0 Å². The van der Waals surface area contributed by atoms with E-state index in [9.17, 15) is 18.5 Å². The van der Waals surface area contributed by atoms with Gasteiger partial charge in [0.05, 0.1) is 9.82 Å². The summed E-state index contributed by atoms with van der Waals surface area (Å²) in [6.07, 6.45) is 4.67. The van der Waals surface area contributed by atoms with E-state index in [1.807, 2.05) is 0 Å². The smallest absolute Gasteiger partial charge is 0.293 e. The number of benzene rings is 1. The summed E-state index contributed by atoms with van der Waals surface area (Å²) in [4.78, 5) is 14.7. The number of nitrogens with one attached hydrogen (secondary N) is 2. The van der Waals surface area contributed by atoms with Crippen LogP contribution in [0.5, 0.6) is 0 Å². The quantitative estimate of drug-likeness (QED) is 0.205. The van der Waals surface area contributed by atoms with Crippen molar-refractivity contribution >= 4 is 27.2 Å². The van der Waals surface area contributed by atoms with E-state index < -0.39 is 14.8 Å². The topological polar surface area (TPSA) is 140 Å². The highest BCUT2D eigenvalue weighted by molar-refractivity contribution is 7.90. The second-order valence-corrected chi connectivity index (χ2v) is 8.10. The van der Waals surface area contributed by atoms with Gasteiger partial charge in [0.1, 0.15) is 5.69 Å². The number of nitro groups is 1.